The van der Waals surface area contributed by atoms with Crippen LogP contribution in [0.25, 0.3) is 0 Å². The van der Waals surface area contributed by atoms with Gasteiger partial charge in [0.05, 0.1) is 11.6 Å². The summed E-state index contributed by atoms with van der Waals surface area (Å²) in [6, 6.07) is 12.8. The van der Waals surface area contributed by atoms with Gasteiger partial charge in [0, 0.05) is 12.1 Å². The molecule has 1 atom stereocenters. The molecule has 0 aromatic heterocycles. The molecule has 2 rings (SSSR count). The lowest BCUT2D eigenvalue weighted by Crippen LogP contribution is -2.54. The number of hydrogen-bond donors (Lipinski definition) is 1. The number of carbonyl (C=O) groups excluding carboxylic acids is 2. The molecule has 0 saturated carbocycles. The lowest BCUT2D eigenvalue weighted by molar-refractivity contribution is -0.143. The number of ether oxygens (including phenoxy) is 2. The summed E-state index contributed by atoms with van der Waals surface area (Å²) in [5.74, 6) is 0.875. The fraction of sp³-hybridized carbons (Fsp3) is 0.500. The zero-order valence-corrected chi connectivity index (χ0v) is 23.8. The quantitative estimate of drug-likeness (QED) is 0.428. The number of benzene rings is 2. The largest absolute Gasteiger partial charge is 0.497 e. The Morgan fingerprint density at radius 2 is 1.66 bits per heavy atom. The number of carbonyl (C=O) groups is 2. The summed E-state index contributed by atoms with van der Waals surface area (Å²) in [6.45, 7) is 14.2. The van der Waals surface area contributed by atoms with Crippen molar-refractivity contribution in [3.63, 3.8) is 0 Å². The molecule has 0 spiro atoms. The number of nitrogens with one attached hydrogen (secondary N) is 1. The molecule has 1 N–H and O–H groups in total. The van der Waals surface area contributed by atoms with Gasteiger partial charge in [0.1, 0.15) is 17.5 Å². The number of halogens is 1. The lowest BCUT2D eigenvalue weighted by atomic mass is 9.87. The molecule has 2 amide bonds. The molecule has 0 heterocycles. The Hall–Kier alpha value is -2.54. The van der Waals surface area contributed by atoms with Crippen LogP contribution in [-0.2, 0) is 21.5 Å². The second-order valence-electron chi connectivity index (χ2n) is 10.7. The van der Waals surface area contributed by atoms with Crippen molar-refractivity contribution in [3.8, 4) is 11.5 Å². The molecule has 35 heavy (non-hydrogen) atoms. The Balaban J connectivity index is 2.26. The van der Waals surface area contributed by atoms with Crippen LogP contribution in [0, 0.1) is 0 Å². The van der Waals surface area contributed by atoms with Gasteiger partial charge in [-0.15, -0.1) is 0 Å². The summed E-state index contributed by atoms with van der Waals surface area (Å²) in [5, 5.41) is 3.01. The van der Waals surface area contributed by atoms with Crippen LogP contribution < -0.4 is 14.8 Å². The van der Waals surface area contributed by atoms with Crippen LogP contribution in [0.4, 0.5) is 0 Å². The standard InChI is InChI=1S/C28H39BrN2O4/c1-9-23(26(33)30-28(5,6)7)31(17-19-10-13-21(34-8)14-11-19)25(32)18-35-24-15-12-20(16-22(24)29)27(2,3)4/h10-16,23H,9,17-18H2,1-8H3,(H,30,33)/t23-/m1/s1. The third kappa shape index (κ3) is 8.57. The Morgan fingerprint density at radius 1 is 1.03 bits per heavy atom. The maximum Gasteiger partial charge on any atom is 0.261 e. The van der Waals surface area contributed by atoms with Gasteiger partial charge in [-0.1, -0.05) is 45.9 Å². The van der Waals surface area contributed by atoms with Crippen molar-refractivity contribution in [2.45, 2.75) is 78.4 Å². The number of hydrogen-bond acceptors (Lipinski definition) is 4. The predicted molar refractivity (Wildman–Crippen MR) is 144 cm³/mol. The van der Waals surface area contributed by atoms with Crippen LogP contribution in [0.1, 0.15) is 66.0 Å². The Morgan fingerprint density at radius 3 is 2.14 bits per heavy atom. The summed E-state index contributed by atoms with van der Waals surface area (Å²) < 4.78 is 11.9. The third-order valence-electron chi connectivity index (χ3n) is 5.55. The van der Waals surface area contributed by atoms with Crippen molar-refractivity contribution in [1.29, 1.82) is 0 Å². The first-order valence-corrected chi connectivity index (χ1v) is 12.7. The van der Waals surface area contributed by atoms with Crippen LogP contribution in [0.2, 0.25) is 0 Å². The average molecular weight is 548 g/mol. The Bertz CT molecular complexity index is 1010. The first-order valence-electron chi connectivity index (χ1n) is 11.9. The zero-order valence-electron chi connectivity index (χ0n) is 22.2. The van der Waals surface area contributed by atoms with Crippen molar-refractivity contribution < 1.29 is 19.1 Å². The number of nitrogens with zero attached hydrogens (tertiary/aromatic N) is 1. The maximum absolute atomic E-state index is 13.4. The van der Waals surface area contributed by atoms with E-state index in [0.717, 1.165) is 21.3 Å². The molecule has 2 aromatic rings. The van der Waals surface area contributed by atoms with Crippen LogP contribution in [0.5, 0.6) is 11.5 Å². The molecule has 0 aliphatic rings. The second kappa shape index (κ2) is 11.9. The first kappa shape index (κ1) is 28.7. The number of amides is 2. The molecular formula is C28H39BrN2O4. The molecule has 0 fully saturated rings. The van der Waals surface area contributed by atoms with Crippen molar-refractivity contribution in [1.82, 2.24) is 10.2 Å². The highest BCUT2D eigenvalue weighted by molar-refractivity contribution is 9.10. The smallest absolute Gasteiger partial charge is 0.261 e. The monoisotopic (exact) mass is 546 g/mol. The highest BCUT2D eigenvalue weighted by Gasteiger charge is 2.31. The second-order valence-corrected chi connectivity index (χ2v) is 11.6. The van der Waals surface area contributed by atoms with E-state index in [9.17, 15) is 9.59 Å². The highest BCUT2D eigenvalue weighted by atomic mass is 79.9. The summed E-state index contributed by atoms with van der Waals surface area (Å²) in [7, 11) is 1.61. The van der Waals surface area contributed by atoms with Gasteiger partial charge in [-0.25, -0.2) is 0 Å². The van der Waals surface area contributed by atoms with Crippen molar-refractivity contribution in [2.24, 2.45) is 0 Å². The summed E-state index contributed by atoms with van der Waals surface area (Å²) in [6.07, 6.45) is 0.480. The third-order valence-corrected chi connectivity index (χ3v) is 6.16. The minimum atomic E-state index is -0.626. The molecule has 7 heteroatoms. The Labute approximate surface area is 218 Å². The van der Waals surface area contributed by atoms with E-state index >= 15 is 0 Å². The Kier molecular flexibility index (Phi) is 9.78. The molecular weight excluding hydrogens is 508 g/mol. The van der Waals surface area contributed by atoms with Gasteiger partial charge in [0.15, 0.2) is 6.61 Å². The van der Waals surface area contributed by atoms with E-state index in [1.165, 1.54) is 0 Å². The van der Waals surface area contributed by atoms with Crippen LogP contribution in [-0.4, -0.2) is 42.0 Å². The molecule has 0 aliphatic carbocycles. The fourth-order valence-electron chi connectivity index (χ4n) is 3.61. The van der Waals surface area contributed by atoms with E-state index in [2.05, 4.69) is 42.0 Å². The van der Waals surface area contributed by atoms with Gasteiger partial charge in [0.25, 0.3) is 5.91 Å². The number of methoxy groups -OCH3 is 1. The van der Waals surface area contributed by atoms with Gasteiger partial charge in [-0.2, -0.15) is 0 Å². The molecule has 0 unspecified atom stereocenters. The normalized spacial score (nSPS) is 12.6. The van der Waals surface area contributed by atoms with Gasteiger partial charge < -0.3 is 19.7 Å². The van der Waals surface area contributed by atoms with E-state index < -0.39 is 11.6 Å². The van der Waals surface area contributed by atoms with Crippen LogP contribution >= 0.6 is 15.9 Å². The predicted octanol–water partition coefficient (Wildman–Crippen LogP) is 5.86. The summed E-state index contributed by atoms with van der Waals surface area (Å²) in [5.41, 5.74) is 1.65. The van der Waals surface area contributed by atoms with Crippen molar-refractivity contribution >= 4 is 27.7 Å². The topological polar surface area (TPSA) is 67.9 Å². The fourth-order valence-corrected chi connectivity index (χ4v) is 4.10. The minimum Gasteiger partial charge on any atom is -0.497 e. The molecule has 192 valence electrons. The van der Waals surface area contributed by atoms with Crippen LogP contribution in [0.15, 0.2) is 46.9 Å². The van der Waals surface area contributed by atoms with Crippen LogP contribution in [0.3, 0.4) is 0 Å². The van der Waals surface area contributed by atoms with E-state index in [-0.39, 0.29) is 30.4 Å². The SMILES string of the molecule is CC[C@H](C(=O)NC(C)(C)C)N(Cc1ccc(OC)cc1)C(=O)COc1ccc(C(C)(C)C)cc1Br. The first-order chi connectivity index (χ1) is 16.2. The van der Waals surface area contributed by atoms with Gasteiger partial charge in [-0.3, -0.25) is 9.59 Å². The molecule has 0 radical (unpaired) electrons. The lowest BCUT2D eigenvalue weighted by Gasteiger charge is -2.33. The summed E-state index contributed by atoms with van der Waals surface area (Å²) >= 11 is 3.57. The van der Waals surface area contributed by atoms with E-state index in [1.54, 1.807) is 12.0 Å². The molecule has 0 bridgehead atoms. The molecule has 0 aliphatic heterocycles. The van der Waals surface area contributed by atoms with Crippen molar-refractivity contribution in [3.05, 3.63) is 58.1 Å². The maximum atomic E-state index is 13.4. The number of rotatable bonds is 9. The van der Waals surface area contributed by atoms with Gasteiger partial charge in [0.2, 0.25) is 5.91 Å². The van der Waals surface area contributed by atoms with Crippen molar-refractivity contribution in [2.75, 3.05) is 13.7 Å². The van der Waals surface area contributed by atoms with Gasteiger partial charge in [-0.05, 0) is 83.9 Å². The molecule has 0 saturated heterocycles. The summed E-state index contributed by atoms with van der Waals surface area (Å²) in [4.78, 5) is 28.1. The van der Waals surface area contributed by atoms with Gasteiger partial charge >= 0.3 is 0 Å². The highest BCUT2D eigenvalue weighted by Crippen LogP contribution is 2.31. The van der Waals surface area contributed by atoms with E-state index in [1.807, 2.05) is 70.2 Å². The molecule has 2 aromatic carbocycles. The molecule has 6 nitrogen and oxygen atoms in total. The average Bonchev–Trinajstić information content (AvgIpc) is 2.76. The zero-order chi connectivity index (χ0) is 26.4. The minimum absolute atomic E-state index is 0.000790. The van der Waals surface area contributed by atoms with E-state index in [0.29, 0.717) is 12.2 Å². The van der Waals surface area contributed by atoms with E-state index in [4.69, 9.17) is 9.47 Å².